The fourth-order valence-electron chi connectivity index (χ4n) is 4.53. The molecular weight excluding hydrogens is 486 g/mol. The lowest BCUT2D eigenvalue weighted by Crippen LogP contribution is -2.29. The zero-order valence-corrected chi connectivity index (χ0v) is 22.1. The second-order valence-corrected chi connectivity index (χ2v) is 9.09. The molecule has 0 aromatic heterocycles. The van der Waals surface area contributed by atoms with Crippen molar-refractivity contribution in [2.75, 3.05) is 21.3 Å². The lowest BCUT2D eigenvalue weighted by atomic mass is 9.95. The minimum Gasteiger partial charge on any atom is -0.507 e. The number of ether oxygens (including phenoxy) is 4. The Hall–Kier alpha value is -4.46. The molecule has 1 atom stereocenters. The zero-order valence-electron chi connectivity index (χ0n) is 22.1. The van der Waals surface area contributed by atoms with E-state index in [1.54, 1.807) is 49.6 Å². The van der Waals surface area contributed by atoms with Gasteiger partial charge in [-0.1, -0.05) is 24.3 Å². The smallest absolute Gasteiger partial charge is 0.295 e. The summed E-state index contributed by atoms with van der Waals surface area (Å²) in [5, 5.41) is 11.4. The number of Topliss-reactive ketones (excluding diaryl/α,β-unsaturated/α-hetero) is 1. The number of methoxy groups -OCH3 is 3. The topological polar surface area (TPSA) is 94.5 Å². The van der Waals surface area contributed by atoms with Crippen molar-refractivity contribution >= 4 is 17.4 Å². The number of aliphatic hydroxyl groups excluding tert-OH is 1. The van der Waals surface area contributed by atoms with Gasteiger partial charge in [0.15, 0.2) is 11.5 Å². The molecule has 1 unspecified atom stereocenters. The summed E-state index contributed by atoms with van der Waals surface area (Å²) in [6, 6.07) is 18.4. The van der Waals surface area contributed by atoms with Crippen LogP contribution in [0.5, 0.6) is 23.0 Å². The van der Waals surface area contributed by atoms with E-state index in [1.165, 1.54) is 19.1 Å². The van der Waals surface area contributed by atoms with Gasteiger partial charge in [0, 0.05) is 12.1 Å². The molecular formula is C30H31NO7. The molecule has 0 saturated carbocycles. The number of benzene rings is 3. The van der Waals surface area contributed by atoms with Crippen LogP contribution in [-0.4, -0.2) is 49.1 Å². The number of carbonyl (C=O) groups is 2. The molecule has 0 radical (unpaired) electrons. The molecule has 8 nitrogen and oxygen atoms in total. The summed E-state index contributed by atoms with van der Waals surface area (Å²) in [5.74, 6) is 0.276. The van der Waals surface area contributed by atoms with E-state index < -0.39 is 17.7 Å². The SMILES string of the molecule is COc1cccc(C2/C(=C(/O)c3ccc(OC)c(OC)c3)C(=O)C(=O)N2Cc2cccc(OC(C)C)c2)c1. The Kier molecular flexibility index (Phi) is 7.90. The molecule has 3 aromatic carbocycles. The van der Waals surface area contributed by atoms with E-state index in [1.807, 2.05) is 38.1 Å². The fraction of sp³-hybridized carbons (Fsp3) is 0.267. The summed E-state index contributed by atoms with van der Waals surface area (Å²) in [7, 11) is 4.53. The molecule has 0 spiro atoms. The quantitative estimate of drug-likeness (QED) is 0.239. The maximum Gasteiger partial charge on any atom is 0.295 e. The summed E-state index contributed by atoms with van der Waals surface area (Å²) in [6.07, 6.45) is -0.0160. The van der Waals surface area contributed by atoms with Crippen LogP contribution in [0.25, 0.3) is 5.76 Å². The number of amides is 1. The first-order chi connectivity index (χ1) is 18.3. The first kappa shape index (κ1) is 26.6. The lowest BCUT2D eigenvalue weighted by Gasteiger charge is -2.26. The Morgan fingerprint density at radius 1 is 0.868 bits per heavy atom. The van der Waals surface area contributed by atoms with Gasteiger partial charge in [-0.2, -0.15) is 0 Å². The number of ketones is 1. The second kappa shape index (κ2) is 11.3. The van der Waals surface area contributed by atoms with Crippen LogP contribution < -0.4 is 18.9 Å². The number of aliphatic hydroxyl groups is 1. The largest absolute Gasteiger partial charge is 0.507 e. The van der Waals surface area contributed by atoms with E-state index >= 15 is 0 Å². The predicted octanol–water partition coefficient (Wildman–Crippen LogP) is 5.12. The van der Waals surface area contributed by atoms with Crippen LogP contribution in [0.2, 0.25) is 0 Å². The van der Waals surface area contributed by atoms with Gasteiger partial charge in [0.1, 0.15) is 17.3 Å². The molecule has 1 N–H and O–H groups in total. The minimum atomic E-state index is -0.854. The van der Waals surface area contributed by atoms with Crippen LogP contribution >= 0.6 is 0 Å². The Morgan fingerprint density at radius 3 is 2.26 bits per heavy atom. The van der Waals surface area contributed by atoms with Crippen LogP contribution in [0.1, 0.15) is 36.6 Å². The Morgan fingerprint density at radius 2 is 1.58 bits per heavy atom. The lowest BCUT2D eigenvalue weighted by molar-refractivity contribution is -0.140. The molecule has 0 aliphatic carbocycles. The van der Waals surface area contributed by atoms with Gasteiger partial charge >= 0.3 is 0 Å². The highest BCUT2D eigenvalue weighted by Crippen LogP contribution is 2.42. The number of hydrogen-bond donors (Lipinski definition) is 1. The van der Waals surface area contributed by atoms with E-state index in [2.05, 4.69) is 0 Å². The average Bonchev–Trinajstić information content (AvgIpc) is 3.17. The molecule has 1 aliphatic rings. The highest BCUT2D eigenvalue weighted by molar-refractivity contribution is 6.46. The highest BCUT2D eigenvalue weighted by atomic mass is 16.5. The van der Waals surface area contributed by atoms with Crippen molar-refractivity contribution in [2.24, 2.45) is 0 Å². The predicted molar refractivity (Wildman–Crippen MR) is 143 cm³/mol. The summed E-state index contributed by atoms with van der Waals surface area (Å²) < 4.78 is 21.9. The third kappa shape index (κ3) is 5.29. The van der Waals surface area contributed by atoms with Crippen molar-refractivity contribution in [3.05, 3.63) is 89.0 Å². The number of nitrogens with zero attached hydrogens (tertiary/aromatic N) is 1. The molecule has 0 bridgehead atoms. The van der Waals surface area contributed by atoms with E-state index in [0.717, 1.165) is 5.56 Å². The first-order valence-corrected chi connectivity index (χ1v) is 12.2. The summed E-state index contributed by atoms with van der Waals surface area (Å²) in [6.45, 7) is 3.99. The van der Waals surface area contributed by atoms with Crippen molar-refractivity contribution in [1.29, 1.82) is 0 Å². The Balaban J connectivity index is 1.84. The monoisotopic (exact) mass is 517 g/mol. The molecule has 3 aromatic rings. The number of rotatable bonds is 9. The summed E-state index contributed by atoms with van der Waals surface area (Å²) in [5.41, 5.74) is 1.70. The summed E-state index contributed by atoms with van der Waals surface area (Å²) >= 11 is 0. The maximum atomic E-state index is 13.4. The van der Waals surface area contributed by atoms with Gasteiger partial charge in [-0.05, 0) is 67.4 Å². The number of carbonyl (C=O) groups excluding carboxylic acids is 2. The third-order valence-electron chi connectivity index (χ3n) is 6.23. The van der Waals surface area contributed by atoms with Crippen LogP contribution in [0.3, 0.4) is 0 Å². The molecule has 1 aliphatic heterocycles. The van der Waals surface area contributed by atoms with Crippen molar-refractivity contribution in [1.82, 2.24) is 4.90 Å². The second-order valence-electron chi connectivity index (χ2n) is 9.09. The molecule has 1 saturated heterocycles. The van der Waals surface area contributed by atoms with Crippen LogP contribution in [-0.2, 0) is 16.1 Å². The number of likely N-dealkylation sites (tertiary alicyclic amines) is 1. The molecule has 1 fully saturated rings. The molecule has 8 heteroatoms. The van der Waals surface area contributed by atoms with Gasteiger partial charge < -0.3 is 29.0 Å². The highest BCUT2D eigenvalue weighted by Gasteiger charge is 2.46. The maximum absolute atomic E-state index is 13.4. The number of hydrogen-bond acceptors (Lipinski definition) is 7. The van der Waals surface area contributed by atoms with Crippen LogP contribution in [0.15, 0.2) is 72.3 Å². The third-order valence-corrected chi connectivity index (χ3v) is 6.23. The van der Waals surface area contributed by atoms with Gasteiger partial charge in [-0.25, -0.2) is 0 Å². The Labute approximate surface area is 222 Å². The molecule has 38 heavy (non-hydrogen) atoms. The standard InChI is InChI=1S/C30H31NO7/c1-18(2)38-23-11-6-8-19(14-23)17-31-27(20-9-7-10-22(15-20)35-3)26(29(33)30(31)34)28(32)21-12-13-24(36-4)25(16-21)37-5/h6-16,18,27,32H,17H2,1-5H3/b28-26-. The van der Waals surface area contributed by atoms with E-state index in [-0.39, 0.29) is 24.0 Å². The fourth-order valence-corrected chi connectivity index (χ4v) is 4.53. The van der Waals surface area contributed by atoms with Crippen molar-refractivity contribution in [3.8, 4) is 23.0 Å². The summed E-state index contributed by atoms with van der Waals surface area (Å²) in [4.78, 5) is 28.3. The van der Waals surface area contributed by atoms with Gasteiger partial charge in [-0.3, -0.25) is 9.59 Å². The van der Waals surface area contributed by atoms with Crippen molar-refractivity contribution < 1.29 is 33.6 Å². The molecule has 1 heterocycles. The van der Waals surface area contributed by atoms with Crippen molar-refractivity contribution in [2.45, 2.75) is 32.5 Å². The van der Waals surface area contributed by atoms with E-state index in [9.17, 15) is 14.7 Å². The zero-order chi connectivity index (χ0) is 27.4. The first-order valence-electron chi connectivity index (χ1n) is 12.2. The molecule has 198 valence electrons. The Bertz CT molecular complexity index is 1380. The van der Waals surface area contributed by atoms with E-state index in [4.69, 9.17) is 18.9 Å². The van der Waals surface area contributed by atoms with Crippen LogP contribution in [0.4, 0.5) is 0 Å². The normalized spacial score (nSPS) is 16.6. The average molecular weight is 518 g/mol. The van der Waals surface area contributed by atoms with Gasteiger partial charge in [-0.15, -0.1) is 0 Å². The van der Waals surface area contributed by atoms with Crippen molar-refractivity contribution in [3.63, 3.8) is 0 Å². The van der Waals surface area contributed by atoms with Gasteiger partial charge in [0.05, 0.1) is 39.0 Å². The van der Waals surface area contributed by atoms with Crippen LogP contribution in [0, 0.1) is 0 Å². The molecule has 4 rings (SSSR count). The van der Waals surface area contributed by atoms with Gasteiger partial charge in [0.2, 0.25) is 0 Å². The van der Waals surface area contributed by atoms with Gasteiger partial charge in [0.25, 0.3) is 11.7 Å². The molecule has 1 amide bonds. The van der Waals surface area contributed by atoms with E-state index in [0.29, 0.717) is 34.1 Å². The minimum absolute atomic E-state index is 0.0160.